The van der Waals surface area contributed by atoms with Gasteiger partial charge in [-0.25, -0.2) is 9.97 Å². The first-order chi connectivity index (χ1) is 15.5. The number of carbonyl (C=O) groups is 1. The fourth-order valence-corrected chi connectivity index (χ4v) is 4.85. The van der Waals surface area contributed by atoms with Crippen molar-refractivity contribution in [3.05, 3.63) is 64.7 Å². The first-order valence-corrected chi connectivity index (χ1v) is 11.8. The van der Waals surface area contributed by atoms with E-state index in [0.717, 1.165) is 33.8 Å². The molecule has 2 heterocycles. The van der Waals surface area contributed by atoms with Crippen molar-refractivity contribution in [1.82, 2.24) is 20.2 Å². The summed E-state index contributed by atoms with van der Waals surface area (Å²) < 4.78 is 5.19. The number of aromatic amines is 1. The predicted molar refractivity (Wildman–Crippen MR) is 129 cm³/mol. The second kappa shape index (κ2) is 9.54. The lowest BCUT2D eigenvalue weighted by atomic mass is 10.1. The van der Waals surface area contributed by atoms with Crippen LogP contribution in [-0.4, -0.2) is 33.2 Å². The molecule has 0 saturated carbocycles. The molecule has 0 unspecified atom stereocenters. The zero-order chi connectivity index (χ0) is 22.7. The summed E-state index contributed by atoms with van der Waals surface area (Å²) in [7, 11) is 1.64. The van der Waals surface area contributed by atoms with Crippen LogP contribution in [0.25, 0.3) is 11.4 Å². The largest absolute Gasteiger partial charge is 0.497 e. The van der Waals surface area contributed by atoms with E-state index in [4.69, 9.17) is 9.72 Å². The van der Waals surface area contributed by atoms with Gasteiger partial charge in [-0.05, 0) is 55.3 Å². The minimum absolute atomic E-state index is 0.0645. The molecule has 0 spiro atoms. The number of hydrogen-bond acceptors (Lipinski definition) is 7. The number of nitrogens with one attached hydrogen (secondary N) is 1. The van der Waals surface area contributed by atoms with Crippen LogP contribution in [0, 0.1) is 13.8 Å². The summed E-state index contributed by atoms with van der Waals surface area (Å²) in [6.45, 7) is 5.62. The molecule has 1 amide bonds. The van der Waals surface area contributed by atoms with Gasteiger partial charge in [-0.3, -0.25) is 14.8 Å². The number of anilines is 2. The van der Waals surface area contributed by atoms with Crippen molar-refractivity contribution in [1.29, 1.82) is 0 Å². The smallest absolute Gasteiger partial charge is 0.230 e. The Labute approximate surface area is 194 Å². The molecule has 0 atom stereocenters. The van der Waals surface area contributed by atoms with Crippen molar-refractivity contribution in [3.63, 3.8) is 0 Å². The van der Waals surface area contributed by atoms with Gasteiger partial charge in [0, 0.05) is 23.6 Å². The molecule has 4 rings (SSSR count). The van der Waals surface area contributed by atoms with Crippen LogP contribution in [-0.2, 0) is 10.5 Å². The summed E-state index contributed by atoms with van der Waals surface area (Å²) in [5.74, 6) is 2.04. The van der Waals surface area contributed by atoms with E-state index in [9.17, 15) is 4.79 Å². The van der Waals surface area contributed by atoms with Gasteiger partial charge < -0.3 is 4.74 Å². The Bertz CT molecular complexity index is 1230. The standard InChI is InChI=1S/C23H23N5O2S2/c1-14-6-5-7-20(15(14)2)28(16(3)29)23-24-18(13-32-23)12-31-22-25-21(26-27-22)17-8-10-19(30-4)11-9-17/h5-11,13H,12H2,1-4H3,(H,25,26,27). The number of carbonyl (C=O) groups excluding carboxylic acids is 1. The Morgan fingerprint density at radius 2 is 1.94 bits per heavy atom. The molecule has 164 valence electrons. The number of thiazole rings is 1. The summed E-state index contributed by atoms with van der Waals surface area (Å²) in [6, 6.07) is 13.6. The molecule has 4 aromatic rings. The van der Waals surface area contributed by atoms with E-state index in [2.05, 4.69) is 15.2 Å². The molecular formula is C23H23N5O2S2. The molecule has 0 aliphatic rings. The van der Waals surface area contributed by atoms with E-state index < -0.39 is 0 Å². The zero-order valence-electron chi connectivity index (χ0n) is 18.2. The van der Waals surface area contributed by atoms with Crippen molar-refractivity contribution in [2.24, 2.45) is 0 Å². The number of aromatic nitrogens is 4. The molecule has 0 radical (unpaired) electrons. The SMILES string of the molecule is COc1ccc(-c2nc(SCc3csc(N(C(C)=O)c4cccc(C)c4C)n3)n[nH]2)cc1. The number of amides is 1. The van der Waals surface area contributed by atoms with Crippen LogP contribution in [0.5, 0.6) is 5.75 Å². The second-order valence-electron chi connectivity index (χ2n) is 7.18. The lowest BCUT2D eigenvalue weighted by Gasteiger charge is -2.21. The predicted octanol–water partition coefficient (Wildman–Crippen LogP) is 5.53. The Morgan fingerprint density at radius 1 is 1.16 bits per heavy atom. The molecule has 7 nitrogen and oxygen atoms in total. The third kappa shape index (κ3) is 4.68. The quantitative estimate of drug-likeness (QED) is 0.361. The van der Waals surface area contributed by atoms with Crippen LogP contribution in [0.4, 0.5) is 10.8 Å². The molecule has 2 aromatic carbocycles. The fourth-order valence-electron chi connectivity index (χ4n) is 3.18. The average molecular weight is 466 g/mol. The molecule has 2 aromatic heterocycles. The average Bonchev–Trinajstić information content (AvgIpc) is 3.45. The molecule has 9 heteroatoms. The van der Waals surface area contributed by atoms with Gasteiger partial charge in [-0.2, -0.15) is 0 Å². The highest BCUT2D eigenvalue weighted by atomic mass is 32.2. The second-order valence-corrected chi connectivity index (χ2v) is 8.96. The first-order valence-electron chi connectivity index (χ1n) is 9.97. The maximum absolute atomic E-state index is 12.4. The lowest BCUT2D eigenvalue weighted by molar-refractivity contribution is -0.115. The molecule has 0 aliphatic heterocycles. The molecule has 0 fully saturated rings. The third-order valence-electron chi connectivity index (χ3n) is 5.04. The Hall–Kier alpha value is -3.17. The zero-order valence-corrected chi connectivity index (χ0v) is 19.9. The van der Waals surface area contributed by atoms with E-state index in [1.165, 1.54) is 23.1 Å². The van der Waals surface area contributed by atoms with Gasteiger partial charge in [0.05, 0.1) is 18.5 Å². The lowest BCUT2D eigenvalue weighted by Crippen LogP contribution is -2.23. The van der Waals surface area contributed by atoms with Gasteiger partial charge in [0.1, 0.15) is 5.75 Å². The van der Waals surface area contributed by atoms with Gasteiger partial charge in [0.15, 0.2) is 11.0 Å². The number of thioether (sulfide) groups is 1. The highest BCUT2D eigenvalue weighted by molar-refractivity contribution is 7.98. The molecule has 0 saturated heterocycles. The molecule has 0 bridgehead atoms. The van der Waals surface area contributed by atoms with Crippen LogP contribution >= 0.6 is 23.1 Å². The highest BCUT2D eigenvalue weighted by Gasteiger charge is 2.20. The normalized spacial score (nSPS) is 10.9. The van der Waals surface area contributed by atoms with E-state index in [0.29, 0.717) is 21.9 Å². The number of aryl methyl sites for hydroxylation is 1. The number of H-pyrrole nitrogens is 1. The number of methoxy groups -OCH3 is 1. The van der Waals surface area contributed by atoms with Crippen LogP contribution in [0.2, 0.25) is 0 Å². The van der Waals surface area contributed by atoms with Gasteiger partial charge in [-0.15, -0.1) is 16.4 Å². The van der Waals surface area contributed by atoms with Crippen molar-refractivity contribution in [3.8, 4) is 17.1 Å². The van der Waals surface area contributed by atoms with Gasteiger partial charge in [0.25, 0.3) is 0 Å². The number of hydrogen-bond donors (Lipinski definition) is 1. The number of rotatable bonds is 7. The summed E-state index contributed by atoms with van der Waals surface area (Å²) in [6.07, 6.45) is 0. The van der Waals surface area contributed by atoms with E-state index >= 15 is 0 Å². The fraction of sp³-hybridized carbons (Fsp3) is 0.217. The van der Waals surface area contributed by atoms with Crippen LogP contribution in [0.3, 0.4) is 0 Å². The molecule has 1 N–H and O–H groups in total. The van der Waals surface area contributed by atoms with Gasteiger partial charge in [-0.1, -0.05) is 23.9 Å². The minimum atomic E-state index is -0.0645. The summed E-state index contributed by atoms with van der Waals surface area (Å²) in [4.78, 5) is 23.4. The van der Waals surface area contributed by atoms with Crippen LogP contribution < -0.4 is 9.64 Å². The Morgan fingerprint density at radius 3 is 2.66 bits per heavy atom. The van der Waals surface area contributed by atoms with Crippen molar-refractivity contribution in [2.45, 2.75) is 31.7 Å². The van der Waals surface area contributed by atoms with E-state index in [1.54, 1.807) is 18.9 Å². The number of benzene rings is 2. The van der Waals surface area contributed by atoms with Gasteiger partial charge >= 0.3 is 0 Å². The molecule has 32 heavy (non-hydrogen) atoms. The summed E-state index contributed by atoms with van der Waals surface area (Å²) >= 11 is 2.95. The molecule has 0 aliphatic carbocycles. The number of nitrogens with zero attached hydrogens (tertiary/aromatic N) is 4. The monoisotopic (exact) mass is 465 g/mol. The Balaban J connectivity index is 1.47. The summed E-state index contributed by atoms with van der Waals surface area (Å²) in [5, 5.41) is 10.5. The van der Waals surface area contributed by atoms with Crippen molar-refractivity contribution < 1.29 is 9.53 Å². The first kappa shape index (κ1) is 22.0. The topological polar surface area (TPSA) is 84.0 Å². The maximum atomic E-state index is 12.4. The van der Waals surface area contributed by atoms with E-state index in [1.807, 2.05) is 61.7 Å². The summed E-state index contributed by atoms with van der Waals surface area (Å²) in [5.41, 5.74) is 4.89. The minimum Gasteiger partial charge on any atom is -0.497 e. The van der Waals surface area contributed by atoms with Crippen LogP contribution in [0.1, 0.15) is 23.7 Å². The van der Waals surface area contributed by atoms with Crippen molar-refractivity contribution >= 4 is 39.8 Å². The number of ether oxygens (including phenoxy) is 1. The van der Waals surface area contributed by atoms with Crippen LogP contribution in [0.15, 0.2) is 53.0 Å². The van der Waals surface area contributed by atoms with Gasteiger partial charge in [0.2, 0.25) is 11.1 Å². The van der Waals surface area contributed by atoms with Crippen molar-refractivity contribution in [2.75, 3.05) is 12.0 Å². The van der Waals surface area contributed by atoms with E-state index in [-0.39, 0.29) is 5.91 Å². The molecular weight excluding hydrogens is 442 g/mol. The highest BCUT2D eigenvalue weighted by Crippen LogP contribution is 2.33. The third-order valence-corrected chi connectivity index (χ3v) is 6.80. The maximum Gasteiger partial charge on any atom is 0.230 e. The Kier molecular flexibility index (Phi) is 6.57.